The van der Waals surface area contributed by atoms with Gasteiger partial charge in [-0.05, 0) is 0 Å². The molecule has 0 bridgehead atoms. The quantitative estimate of drug-likeness (QED) is 0.407. The molecule has 9 heteroatoms. The summed E-state index contributed by atoms with van der Waals surface area (Å²) in [6.45, 7) is 8.02. The molecule has 7 nitrogen and oxygen atoms in total. The third kappa shape index (κ3) is 6.21. The third-order valence-corrected chi connectivity index (χ3v) is 4.61. The van der Waals surface area contributed by atoms with Gasteiger partial charge in [0.15, 0.2) is 5.96 Å². The first-order chi connectivity index (χ1) is 11.3. The lowest BCUT2D eigenvalue weighted by Gasteiger charge is -2.21. The lowest BCUT2D eigenvalue weighted by molar-refractivity contribution is 0.449. The van der Waals surface area contributed by atoms with E-state index in [1.165, 1.54) is 0 Å². The van der Waals surface area contributed by atoms with Crippen molar-refractivity contribution in [3.8, 4) is 0 Å². The van der Waals surface area contributed by atoms with Crippen molar-refractivity contribution in [3.05, 3.63) is 28.2 Å². The van der Waals surface area contributed by atoms with Crippen molar-refractivity contribution in [3.63, 3.8) is 0 Å². The maximum absolute atomic E-state index is 4.72. The maximum Gasteiger partial charge on any atom is 0.193 e. The Morgan fingerprint density at radius 3 is 2.64 bits per heavy atom. The van der Waals surface area contributed by atoms with E-state index in [9.17, 15) is 0 Å². The van der Waals surface area contributed by atoms with E-state index >= 15 is 0 Å². The van der Waals surface area contributed by atoms with E-state index in [2.05, 4.69) is 46.5 Å². The van der Waals surface area contributed by atoms with Crippen LogP contribution in [0.5, 0.6) is 0 Å². The molecule has 0 unspecified atom stereocenters. The van der Waals surface area contributed by atoms with E-state index in [1.54, 1.807) is 29.4 Å². The molecule has 25 heavy (non-hydrogen) atoms. The topological polar surface area (TPSA) is 71.2 Å². The number of aliphatic imine (C=N–C) groups is 1. The minimum atomic E-state index is 0. The lowest BCUT2D eigenvalue weighted by Crippen LogP contribution is -2.39. The van der Waals surface area contributed by atoms with Crippen molar-refractivity contribution in [1.82, 2.24) is 30.0 Å². The number of rotatable bonds is 5. The highest BCUT2D eigenvalue weighted by atomic mass is 127. The van der Waals surface area contributed by atoms with Gasteiger partial charge in [-0.15, -0.1) is 35.3 Å². The van der Waals surface area contributed by atoms with Crippen LogP contribution >= 0.6 is 35.3 Å². The van der Waals surface area contributed by atoms with Crippen LogP contribution in [0.4, 0.5) is 0 Å². The normalized spacial score (nSPS) is 12.0. The molecule has 0 aliphatic rings. The van der Waals surface area contributed by atoms with Crippen molar-refractivity contribution < 1.29 is 0 Å². The van der Waals surface area contributed by atoms with Crippen LogP contribution in [-0.2, 0) is 25.4 Å². The first kappa shape index (κ1) is 21.8. The van der Waals surface area contributed by atoms with Gasteiger partial charge in [-0.1, -0.05) is 20.8 Å². The van der Waals surface area contributed by atoms with Gasteiger partial charge in [0.1, 0.15) is 12.2 Å². The molecule has 0 radical (unpaired) electrons. The van der Waals surface area contributed by atoms with Crippen LogP contribution in [0.15, 0.2) is 16.7 Å². The van der Waals surface area contributed by atoms with Gasteiger partial charge in [0.2, 0.25) is 0 Å². The number of nitrogens with one attached hydrogen (secondary N) is 1. The van der Waals surface area contributed by atoms with Gasteiger partial charge in [-0.3, -0.25) is 9.67 Å². The number of guanidine groups is 1. The van der Waals surface area contributed by atoms with Crippen LogP contribution < -0.4 is 5.32 Å². The molecular weight excluding hydrogens is 449 g/mol. The lowest BCUT2D eigenvalue weighted by atomic mass is 9.93. The minimum Gasteiger partial charge on any atom is -0.356 e. The molecule has 2 heterocycles. The number of nitrogens with zero attached hydrogens (tertiary/aromatic N) is 6. The van der Waals surface area contributed by atoms with Crippen LogP contribution in [0.25, 0.3) is 0 Å². The standard InChI is InChI=1S/C16H27N7S.HI/c1-16(2,3)12-10-24-14(21-12)7-8-18-15(17-4)22(5)9-13-19-11-20-23(13)6;/h10-11H,7-9H2,1-6H3,(H,17,18);1H. The molecule has 0 saturated heterocycles. The van der Waals surface area contributed by atoms with Crippen molar-refractivity contribution >= 4 is 41.3 Å². The average molecular weight is 477 g/mol. The molecule has 1 N–H and O–H groups in total. The van der Waals surface area contributed by atoms with E-state index in [0.29, 0.717) is 6.54 Å². The predicted molar refractivity (Wildman–Crippen MR) is 114 cm³/mol. The second-order valence-corrected chi connectivity index (χ2v) is 7.70. The molecule has 0 aliphatic heterocycles. The highest BCUT2D eigenvalue weighted by Gasteiger charge is 2.17. The van der Waals surface area contributed by atoms with Crippen LogP contribution in [0.2, 0.25) is 0 Å². The molecule has 0 aromatic carbocycles. The number of aryl methyl sites for hydroxylation is 1. The van der Waals surface area contributed by atoms with Gasteiger partial charge in [0.05, 0.1) is 17.2 Å². The molecule has 140 valence electrons. The predicted octanol–water partition coefficient (Wildman–Crippen LogP) is 2.44. The summed E-state index contributed by atoms with van der Waals surface area (Å²) < 4.78 is 1.77. The molecule has 2 rings (SSSR count). The zero-order valence-electron chi connectivity index (χ0n) is 15.8. The van der Waals surface area contributed by atoms with Crippen molar-refractivity contribution in [2.75, 3.05) is 20.6 Å². The molecule has 0 atom stereocenters. The second kappa shape index (κ2) is 9.46. The monoisotopic (exact) mass is 477 g/mol. The summed E-state index contributed by atoms with van der Waals surface area (Å²) in [5, 5.41) is 10.8. The van der Waals surface area contributed by atoms with Gasteiger partial charge in [-0.25, -0.2) is 9.97 Å². The van der Waals surface area contributed by atoms with E-state index in [0.717, 1.165) is 35.5 Å². The second-order valence-electron chi connectivity index (χ2n) is 6.76. The fourth-order valence-corrected chi connectivity index (χ4v) is 3.21. The Hall–Kier alpha value is -1.23. The molecular formula is C16H28IN7S. The molecule has 0 saturated carbocycles. The Kier molecular flexibility index (Phi) is 8.26. The molecule has 0 aliphatic carbocycles. The van der Waals surface area contributed by atoms with E-state index in [4.69, 9.17) is 4.98 Å². The van der Waals surface area contributed by atoms with Crippen LogP contribution in [-0.4, -0.2) is 51.2 Å². The first-order valence-corrected chi connectivity index (χ1v) is 8.88. The minimum absolute atomic E-state index is 0. The Bertz CT molecular complexity index is 687. The van der Waals surface area contributed by atoms with E-state index < -0.39 is 0 Å². The van der Waals surface area contributed by atoms with Gasteiger partial charge in [-0.2, -0.15) is 5.10 Å². The SMILES string of the molecule is CN=C(NCCc1nc(C(C)(C)C)cs1)N(C)Cc1ncnn1C.I. The molecule has 0 fully saturated rings. The average Bonchev–Trinajstić information content (AvgIpc) is 3.13. The summed E-state index contributed by atoms with van der Waals surface area (Å²) in [4.78, 5) is 15.3. The smallest absolute Gasteiger partial charge is 0.193 e. The van der Waals surface area contributed by atoms with Gasteiger partial charge in [0.25, 0.3) is 0 Å². The summed E-state index contributed by atoms with van der Waals surface area (Å²) in [5.41, 5.74) is 1.26. The summed E-state index contributed by atoms with van der Waals surface area (Å²) in [6.07, 6.45) is 2.45. The van der Waals surface area contributed by atoms with E-state index in [1.807, 2.05) is 19.0 Å². The summed E-state index contributed by atoms with van der Waals surface area (Å²) >= 11 is 1.72. The Morgan fingerprint density at radius 2 is 2.12 bits per heavy atom. The van der Waals surface area contributed by atoms with Crippen LogP contribution in [0.1, 0.15) is 37.3 Å². The highest BCUT2D eigenvalue weighted by Crippen LogP contribution is 2.23. The van der Waals surface area contributed by atoms with Crippen molar-refractivity contribution in [2.45, 2.75) is 39.2 Å². The summed E-state index contributed by atoms with van der Waals surface area (Å²) in [5.74, 6) is 1.74. The zero-order chi connectivity index (χ0) is 17.7. The zero-order valence-corrected chi connectivity index (χ0v) is 18.9. The molecule has 0 spiro atoms. The Labute approximate surface area is 171 Å². The number of hydrogen-bond acceptors (Lipinski definition) is 5. The molecule has 2 aromatic heterocycles. The van der Waals surface area contributed by atoms with Gasteiger partial charge < -0.3 is 10.2 Å². The summed E-state index contributed by atoms with van der Waals surface area (Å²) in [7, 11) is 5.67. The number of thiazole rings is 1. The third-order valence-electron chi connectivity index (χ3n) is 3.70. The number of halogens is 1. The van der Waals surface area contributed by atoms with Gasteiger partial charge >= 0.3 is 0 Å². The first-order valence-electron chi connectivity index (χ1n) is 8.01. The molecule has 2 aromatic rings. The van der Waals surface area contributed by atoms with E-state index in [-0.39, 0.29) is 29.4 Å². The fraction of sp³-hybridized carbons (Fsp3) is 0.625. The van der Waals surface area contributed by atoms with Crippen LogP contribution in [0, 0.1) is 0 Å². The highest BCUT2D eigenvalue weighted by molar-refractivity contribution is 14.0. The molecule has 0 amide bonds. The van der Waals surface area contributed by atoms with Crippen LogP contribution in [0.3, 0.4) is 0 Å². The number of aromatic nitrogens is 4. The largest absolute Gasteiger partial charge is 0.356 e. The van der Waals surface area contributed by atoms with Crippen molar-refractivity contribution in [1.29, 1.82) is 0 Å². The Balaban J connectivity index is 0.00000312. The maximum atomic E-state index is 4.72. The number of hydrogen-bond donors (Lipinski definition) is 1. The summed E-state index contributed by atoms with van der Waals surface area (Å²) in [6, 6.07) is 0. The van der Waals surface area contributed by atoms with Crippen molar-refractivity contribution in [2.24, 2.45) is 12.0 Å². The van der Waals surface area contributed by atoms with Gasteiger partial charge in [0, 0.05) is 44.9 Å². The Morgan fingerprint density at radius 1 is 1.40 bits per heavy atom. The fourth-order valence-electron chi connectivity index (χ4n) is 2.19.